The first-order chi connectivity index (χ1) is 24.1. The van der Waals surface area contributed by atoms with Gasteiger partial charge >= 0.3 is 6.18 Å². The molecule has 0 N–H and O–H groups in total. The second-order valence-electron chi connectivity index (χ2n) is 12.1. The molecule has 0 saturated carbocycles. The number of rotatable bonds is 12. The molecule has 3 aliphatic heterocycles. The lowest BCUT2D eigenvalue weighted by atomic mass is 10.0. The molecule has 12 heteroatoms. The average molecular weight is 733 g/mol. The van der Waals surface area contributed by atoms with Gasteiger partial charge in [-0.15, -0.1) is 12.3 Å². The molecule has 2 aromatic rings. The van der Waals surface area contributed by atoms with Crippen LogP contribution in [0.3, 0.4) is 0 Å². The van der Waals surface area contributed by atoms with Crippen LogP contribution in [-0.4, -0.2) is 83.0 Å². The van der Waals surface area contributed by atoms with Crippen LogP contribution in [0.5, 0.6) is 0 Å². The predicted octanol–water partition coefficient (Wildman–Crippen LogP) is 9.13. The van der Waals surface area contributed by atoms with Gasteiger partial charge in [-0.2, -0.15) is 18.3 Å². The Balaban J connectivity index is 0.000000247. The van der Waals surface area contributed by atoms with Crippen LogP contribution in [0.2, 0.25) is 0 Å². The summed E-state index contributed by atoms with van der Waals surface area (Å²) in [6.45, 7) is 21.1. The van der Waals surface area contributed by atoms with E-state index in [0.29, 0.717) is 18.2 Å². The maximum Gasteiger partial charge on any atom is 0.419 e. The van der Waals surface area contributed by atoms with E-state index >= 15 is 0 Å². The number of halogens is 4. The lowest BCUT2D eigenvalue weighted by molar-refractivity contribution is -0.140. The Morgan fingerprint density at radius 3 is 2.10 bits per heavy atom. The molecule has 0 radical (unpaired) electrons. The van der Waals surface area contributed by atoms with Crippen molar-refractivity contribution in [1.29, 1.82) is 0 Å². The largest absolute Gasteiger partial charge is 0.419 e. The van der Waals surface area contributed by atoms with Crippen molar-refractivity contribution < 1.29 is 17.6 Å². The lowest BCUT2D eigenvalue weighted by Gasteiger charge is -2.40. The highest BCUT2D eigenvalue weighted by Crippen LogP contribution is 2.32. The van der Waals surface area contributed by atoms with Crippen LogP contribution >= 0.6 is 23.9 Å². The van der Waals surface area contributed by atoms with E-state index in [0.717, 1.165) is 103 Å². The second kappa shape index (κ2) is 22.2. The molecule has 0 bridgehead atoms. The second-order valence-corrected chi connectivity index (χ2v) is 14.3. The molecular weight excluding hydrogens is 681 g/mol. The fraction of sp³-hybridized carbons (Fsp3) is 0.500. The minimum atomic E-state index is -4.65. The highest BCUT2D eigenvalue weighted by atomic mass is 32.2. The summed E-state index contributed by atoms with van der Waals surface area (Å²) in [5.74, 6) is 1.23. The van der Waals surface area contributed by atoms with Crippen molar-refractivity contribution in [1.82, 2.24) is 18.4 Å². The van der Waals surface area contributed by atoms with Crippen LogP contribution in [0.25, 0.3) is 0 Å². The van der Waals surface area contributed by atoms with Gasteiger partial charge in [0.1, 0.15) is 5.82 Å². The molecule has 6 nitrogen and oxygen atoms in total. The highest BCUT2D eigenvalue weighted by molar-refractivity contribution is 8.00. The van der Waals surface area contributed by atoms with Crippen LogP contribution in [0.15, 0.2) is 71.5 Å². The third kappa shape index (κ3) is 14.1. The van der Waals surface area contributed by atoms with Crippen LogP contribution in [0.4, 0.5) is 23.2 Å². The summed E-state index contributed by atoms with van der Waals surface area (Å²) in [5, 5.41) is 10.1. The van der Waals surface area contributed by atoms with Crippen molar-refractivity contribution >= 4 is 35.8 Å². The van der Waals surface area contributed by atoms with Gasteiger partial charge in [0.05, 0.1) is 11.3 Å². The Hall–Kier alpha value is -2.79. The molecule has 2 saturated heterocycles. The standard InChI is InChI=1S/C18H24F4N2S.C16H22N4S.C4H6/c1-3-5-6-15-13-24(25-4-2)10-9-23(15)12-14-7-8-16(17(19)11-14)18(20,21)22;1-2-21-19-12-10-18(11-13-19)14-15-4-6-16(7-5-15)20-9-3-8-17-20;1-3-4-2/h4,7-8,11,15H,2-3,5-6,9-10,12-13H2,1H3;2,4-8H,1,3,9-14H2;1H,4H2,2H3. The van der Waals surface area contributed by atoms with Crippen molar-refractivity contribution in [3.63, 3.8) is 0 Å². The molecule has 0 aliphatic carbocycles. The van der Waals surface area contributed by atoms with E-state index in [-0.39, 0.29) is 0 Å². The molecule has 0 spiro atoms. The lowest BCUT2D eigenvalue weighted by Crippen LogP contribution is -2.50. The third-order valence-corrected chi connectivity index (χ3v) is 10.1. The quantitative estimate of drug-likeness (QED) is 0.122. The summed E-state index contributed by atoms with van der Waals surface area (Å²) < 4.78 is 56.5. The number of nitrogens with zero attached hydrogens (tertiary/aromatic N) is 6. The van der Waals surface area contributed by atoms with Crippen LogP contribution in [0, 0.1) is 18.2 Å². The van der Waals surface area contributed by atoms with Crippen molar-refractivity contribution in [3.05, 3.63) is 88.9 Å². The monoisotopic (exact) mass is 732 g/mol. The highest BCUT2D eigenvalue weighted by Gasteiger charge is 2.34. The van der Waals surface area contributed by atoms with Gasteiger partial charge in [-0.3, -0.25) is 14.8 Å². The Bertz CT molecular complexity index is 1370. The molecule has 2 fully saturated rings. The maximum atomic E-state index is 13.8. The zero-order valence-corrected chi connectivity index (χ0v) is 31.1. The molecule has 3 heterocycles. The molecule has 3 aliphatic rings. The molecule has 1 unspecified atom stereocenters. The van der Waals surface area contributed by atoms with Gasteiger partial charge in [0.2, 0.25) is 0 Å². The minimum absolute atomic E-state index is 0.312. The fourth-order valence-electron chi connectivity index (χ4n) is 5.83. The van der Waals surface area contributed by atoms with Crippen molar-refractivity contribution in [2.75, 3.05) is 57.4 Å². The van der Waals surface area contributed by atoms with E-state index in [4.69, 9.17) is 6.42 Å². The molecule has 50 heavy (non-hydrogen) atoms. The third-order valence-electron chi connectivity index (χ3n) is 8.50. The van der Waals surface area contributed by atoms with Crippen LogP contribution in [0.1, 0.15) is 62.6 Å². The number of hydrazone groups is 1. The number of hydrogen-bond donors (Lipinski definition) is 0. The topological polar surface area (TPSA) is 28.6 Å². The van der Waals surface area contributed by atoms with E-state index < -0.39 is 17.6 Å². The summed E-state index contributed by atoms with van der Waals surface area (Å²) in [4.78, 5) is 4.76. The summed E-state index contributed by atoms with van der Waals surface area (Å²) in [7, 11) is 0. The molecule has 2 aromatic carbocycles. The minimum Gasteiger partial charge on any atom is -0.296 e. The number of alkyl halides is 3. The van der Waals surface area contributed by atoms with Crippen LogP contribution < -0.4 is 5.01 Å². The Morgan fingerprint density at radius 2 is 1.54 bits per heavy atom. The zero-order chi connectivity index (χ0) is 36.4. The van der Waals surface area contributed by atoms with Crippen molar-refractivity contribution in [2.45, 2.75) is 71.3 Å². The number of hydrogen-bond acceptors (Lipinski definition) is 8. The van der Waals surface area contributed by atoms with Gasteiger partial charge in [-0.1, -0.05) is 81.9 Å². The van der Waals surface area contributed by atoms with Crippen molar-refractivity contribution in [3.8, 4) is 12.3 Å². The first-order valence-electron chi connectivity index (χ1n) is 17.3. The molecule has 0 amide bonds. The van der Waals surface area contributed by atoms with Gasteiger partial charge in [0, 0.05) is 90.5 Å². The van der Waals surface area contributed by atoms with Gasteiger partial charge in [-0.25, -0.2) is 13.0 Å². The van der Waals surface area contributed by atoms with E-state index in [9.17, 15) is 17.6 Å². The Labute approximate surface area is 305 Å². The Morgan fingerprint density at radius 1 is 0.900 bits per heavy atom. The van der Waals surface area contributed by atoms with Gasteiger partial charge < -0.3 is 0 Å². The number of piperazine rings is 2. The summed E-state index contributed by atoms with van der Waals surface area (Å²) >= 11 is 3.32. The fourth-order valence-corrected chi connectivity index (χ4v) is 7.07. The first-order valence-corrected chi connectivity index (χ1v) is 19.0. The molecule has 1 atom stereocenters. The predicted molar refractivity (Wildman–Crippen MR) is 205 cm³/mol. The van der Waals surface area contributed by atoms with Crippen molar-refractivity contribution in [2.24, 2.45) is 5.10 Å². The average Bonchev–Trinajstić information content (AvgIpc) is 3.65. The van der Waals surface area contributed by atoms with Crippen LogP contribution in [-0.2, 0) is 19.3 Å². The van der Waals surface area contributed by atoms with E-state index in [1.165, 1.54) is 17.3 Å². The number of benzene rings is 2. The smallest absolute Gasteiger partial charge is 0.296 e. The zero-order valence-electron chi connectivity index (χ0n) is 29.5. The molecule has 5 rings (SSSR count). The number of unbranched alkanes of at least 4 members (excludes halogenated alkanes) is 1. The first kappa shape index (κ1) is 41.6. The normalized spacial score (nSPS) is 18.8. The molecule has 274 valence electrons. The van der Waals surface area contributed by atoms with E-state index in [1.54, 1.807) is 29.3 Å². The molecule has 0 aromatic heterocycles. The summed E-state index contributed by atoms with van der Waals surface area (Å²) in [5.41, 5.74) is 1.95. The SMILES string of the molecule is C#CCC.C=CSN1CCN(Cc2ccc(C(F)(F)F)c(F)c2)C(CCCC)C1.C=CSN1CCN(Cc2ccc(N3CCC=N3)cc2)CC1. The number of terminal acetylenes is 1. The summed E-state index contributed by atoms with van der Waals surface area (Å²) in [6.07, 6.45) is 7.21. The van der Waals surface area contributed by atoms with E-state index in [1.807, 2.05) is 18.5 Å². The van der Waals surface area contributed by atoms with E-state index in [2.05, 4.69) is 78.8 Å². The maximum absolute atomic E-state index is 13.8. The number of anilines is 1. The molecular formula is C38H52F4N6S2. The van der Waals surface area contributed by atoms with Gasteiger partial charge in [-0.05, 0) is 52.6 Å². The van der Waals surface area contributed by atoms with Gasteiger partial charge in [0.15, 0.2) is 0 Å². The Kier molecular flexibility index (Phi) is 18.5. The van der Waals surface area contributed by atoms with Gasteiger partial charge in [0.25, 0.3) is 0 Å². The summed E-state index contributed by atoms with van der Waals surface area (Å²) in [6, 6.07) is 12.4.